The zero-order valence-electron chi connectivity index (χ0n) is 8.70. The molecule has 2 heterocycles. The fraction of sp³-hybridized carbons (Fsp3) is 0.100. The van der Waals surface area contributed by atoms with Crippen LogP contribution in [0.4, 0.5) is 11.4 Å². The first-order valence-corrected chi connectivity index (χ1v) is 4.83. The number of fused-ring (bicyclic) bond motifs is 3. The summed E-state index contributed by atoms with van der Waals surface area (Å²) in [5, 5.41) is 3.10. The second-order valence-corrected chi connectivity index (χ2v) is 3.38. The molecule has 6 nitrogen and oxygen atoms in total. The highest BCUT2D eigenvalue weighted by molar-refractivity contribution is 6.14. The summed E-state index contributed by atoms with van der Waals surface area (Å²) in [6.07, 6.45) is 3.28. The van der Waals surface area contributed by atoms with Crippen molar-refractivity contribution in [2.45, 2.75) is 0 Å². The molecule has 1 aromatic carbocycles. The lowest BCUT2D eigenvalue weighted by atomic mass is 10.2. The van der Waals surface area contributed by atoms with E-state index in [1.807, 2.05) is 7.05 Å². The van der Waals surface area contributed by atoms with Crippen molar-refractivity contribution < 1.29 is 0 Å². The van der Waals surface area contributed by atoms with Crippen LogP contribution in [0.1, 0.15) is 0 Å². The Morgan fingerprint density at radius 1 is 1.19 bits per heavy atom. The SMILES string of the molecule is C=Nc1c(NC)c2[nH]cnc2c2nc[nH]c12. The predicted molar refractivity (Wildman–Crippen MR) is 64.5 cm³/mol. The molecular weight excluding hydrogens is 204 g/mol. The van der Waals surface area contributed by atoms with Crippen LogP contribution in [0.2, 0.25) is 0 Å². The van der Waals surface area contributed by atoms with E-state index < -0.39 is 0 Å². The molecular formula is C10H10N6. The zero-order valence-corrected chi connectivity index (χ0v) is 8.70. The molecule has 80 valence electrons. The summed E-state index contributed by atoms with van der Waals surface area (Å²) < 4.78 is 0. The summed E-state index contributed by atoms with van der Waals surface area (Å²) in [6, 6.07) is 0. The second kappa shape index (κ2) is 3.06. The summed E-state index contributed by atoms with van der Waals surface area (Å²) in [6.45, 7) is 3.59. The van der Waals surface area contributed by atoms with Gasteiger partial charge < -0.3 is 15.3 Å². The lowest BCUT2D eigenvalue weighted by Gasteiger charge is -2.06. The van der Waals surface area contributed by atoms with Gasteiger partial charge in [0.25, 0.3) is 0 Å². The maximum absolute atomic E-state index is 4.26. The average Bonchev–Trinajstić information content (AvgIpc) is 2.93. The second-order valence-electron chi connectivity index (χ2n) is 3.38. The van der Waals surface area contributed by atoms with Crippen molar-refractivity contribution in [1.29, 1.82) is 0 Å². The first-order valence-electron chi connectivity index (χ1n) is 4.83. The Labute approximate surface area is 90.8 Å². The number of benzene rings is 1. The van der Waals surface area contributed by atoms with Gasteiger partial charge in [-0.25, -0.2) is 9.97 Å². The Hall–Kier alpha value is -2.37. The van der Waals surface area contributed by atoms with Crippen molar-refractivity contribution in [2.24, 2.45) is 4.99 Å². The van der Waals surface area contributed by atoms with Crippen molar-refractivity contribution in [3.63, 3.8) is 0 Å². The van der Waals surface area contributed by atoms with Crippen LogP contribution in [-0.2, 0) is 0 Å². The highest BCUT2D eigenvalue weighted by Gasteiger charge is 2.16. The molecule has 0 aliphatic carbocycles. The van der Waals surface area contributed by atoms with Crippen LogP contribution in [0.3, 0.4) is 0 Å². The van der Waals surface area contributed by atoms with Gasteiger partial charge in [-0.1, -0.05) is 0 Å². The first kappa shape index (κ1) is 8.90. The molecule has 0 unspecified atom stereocenters. The van der Waals surface area contributed by atoms with Crippen LogP contribution in [0.15, 0.2) is 17.6 Å². The number of hydrogen-bond donors (Lipinski definition) is 3. The molecule has 6 heteroatoms. The Morgan fingerprint density at radius 2 is 1.81 bits per heavy atom. The molecule has 0 atom stereocenters. The number of aromatic nitrogens is 4. The van der Waals surface area contributed by atoms with Gasteiger partial charge in [-0.15, -0.1) is 0 Å². The molecule has 0 saturated heterocycles. The van der Waals surface area contributed by atoms with Gasteiger partial charge in [0.2, 0.25) is 0 Å². The number of rotatable bonds is 2. The van der Waals surface area contributed by atoms with Gasteiger partial charge in [0, 0.05) is 7.05 Å². The molecule has 0 aliphatic heterocycles. The van der Waals surface area contributed by atoms with Crippen molar-refractivity contribution >= 4 is 40.2 Å². The number of nitrogens with one attached hydrogen (secondary N) is 3. The number of aromatic amines is 2. The molecule has 16 heavy (non-hydrogen) atoms. The van der Waals surface area contributed by atoms with E-state index in [4.69, 9.17) is 0 Å². The van der Waals surface area contributed by atoms with E-state index in [9.17, 15) is 0 Å². The summed E-state index contributed by atoms with van der Waals surface area (Å²) in [5.74, 6) is 0. The molecule has 0 spiro atoms. The highest BCUT2D eigenvalue weighted by atomic mass is 15.0. The third-order valence-corrected chi connectivity index (χ3v) is 2.63. The van der Waals surface area contributed by atoms with Crippen molar-refractivity contribution in [3.05, 3.63) is 12.7 Å². The number of anilines is 1. The van der Waals surface area contributed by atoms with Gasteiger partial charge in [0.1, 0.15) is 16.7 Å². The maximum atomic E-state index is 4.26. The topological polar surface area (TPSA) is 81.8 Å². The van der Waals surface area contributed by atoms with E-state index >= 15 is 0 Å². The number of nitrogens with zero attached hydrogens (tertiary/aromatic N) is 3. The molecule has 0 radical (unpaired) electrons. The number of H-pyrrole nitrogens is 2. The van der Waals surface area contributed by atoms with Crippen LogP contribution < -0.4 is 5.32 Å². The minimum Gasteiger partial charge on any atom is -0.385 e. The Morgan fingerprint density at radius 3 is 2.44 bits per heavy atom. The minimum absolute atomic E-state index is 0.756. The van der Waals surface area contributed by atoms with Gasteiger partial charge in [-0.3, -0.25) is 4.99 Å². The summed E-state index contributed by atoms with van der Waals surface area (Å²) >= 11 is 0. The normalized spacial score (nSPS) is 11.1. The fourth-order valence-corrected chi connectivity index (χ4v) is 1.96. The summed E-state index contributed by atoms with van der Waals surface area (Å²) in [5.41, 5.74) is 5.00. The predicted octanol–water partition coefficient (Wildman–Crippen LogP) is 1.81. The minimum atomic E-state index is 0.756. The molecule has 0 aliphatic rings. The maximum Gasteiger partial charge on any atom is 0.118 e. The van der Waals surface area contributed by atoms with E-state index in [0.29, 0.717) is 0 Å². The Bertz CT molecular complexity index is 677. The van der Waals surface area contributed by atoms with Gasteiger partial charge in [-0.05, 0) is 6.72 Å². The van der Waals surface area contributed by atoms with Gasteiger partial charge in [0.05, 0.1) is 29.4 Å². The van der Waals surface area contributed by atoms with E-state index in [-0.39, 0.29) is 0 Å². The van der Waals surface area contributed by atoms with E-state index in [2.05, 4.69) is 37.0 Å². The molecule has 0 saturated carbocycles. The monoisotopic (exact) mass is 214 g/mol. The number of aliphatic imine (C=N–C) groups is 1. The zero-order chi connectivity index (χ0) is 11.1. The number of hydrogen-bond acceptors (Lipinski definition) is 4. The standard InChI is InChI=1S/C10H10N6/c1-11-5-6(12-2)8-10(16-4-14-8)9-7(5)13-3-15-9/h3-4,12H,1H2,2H3,(H,13,15)(H,14,16). The summed E-state index contributed by atoms with van der Waals surface area (Å²) in [7, 11) is 1.84. The molecule has 0 fully saturated rings. The highest BCUT2D eigenvalue weighted by Crippen LogP contribution is 2.38. The van der Waals surface area contributed by atoms with Crippen LogP contribution in [0.25, 0.3) is 22.1 Å². The molecule has 2 aromatic heterocycles. The molecule has 3 rings (SSSR count). The van der Waals surface area contributed by atoms with Gasteiger partial charge >= 0.3 is 0 Å². The van der Waals surface area contributed by atoms with E-state index in [0.717, 1.165) is 33.4 Å². The quantitative estimate of drug-likeness (QED) is 0.569. The lowest BCUT2D eigenvalue weighted by molar-refractivity contribution is 1.33. The fourth-order valence-electron chi connectivity index (χ4n) is 1.96. The van der Waals surface area contributed by atoms with Gasteiger partial charge in [-0.2, -0.15) is 0 Å². The third-order valence-electron chi connectivity index (χ3n) is 2.63. The van der Waals surface area contributed by atoms with Crippen LogP contribution in [0.5, 0.6) is 0 Å². The molecule has 3 N–H and O–H groups in total. The van der Waals surface area contributed by atoms with Crippen LogP contribution >= 0.6 is 0 Å². The van der Waals surface area contributed by atoms with Crippen molar-refractivity contribution in [2.75, 3.05) is 12.4 Å². The van der Waals surface area contributed by atoms with Crippen LogP contribution in [-0.4, -0.2) is 33.7 Å². The van der Waals surface area contributed by atoms with Crippen LogP contribution in [0, 0.1) is 0 Å². The Kier molecular flexibility index (Phi) is 1.70. The average molecular weight is 214 g/mol. The smallest absolute Gasteiger partial charge is 0.118 e. The lowest BCUT2D eigenvalue weighted by Crippen LogP contribution is -1.91. The van der Waals surface area contributed by atoms with Gasteiger partial charge in [0.15, 0.2) is 0 Å². The van der Waals surface area contributed by atoms with E-state index in [1.165, 1.54) is 0 Å². The summed E-state index contributed by atoms with van der Waals surface area (Å²) in [4.78, 5) is 18.7. The molecule has 0 bridgehead atoms. The Balaban J connectivity index is 2.64. The first-order chi connectivity index (χ1) is 7.86. The largest absolute Gasteiger partial charge is 0.385 e. The number of imidazole rings is 2. The molecule has 0 amide bonds. The molecule has 3 aromatic rings. The van der Waals surface area contributed by atoms with E-state index in [1.54, 1.807) is 12.7 Å². The third kappa shape index (κ3) is 0.928. The van der Waals surface area contributed by atoms with Crippen molar-refractivity contribution in [3.8, 4) is 0 Å². The van der Waals surface area contributed by atoms with Crippen molar-refractivity contribution in [1.82, 2.24) is 19.9 Å².